The molecule has 3 heteroatoms. The van der Waals surface area contributed by atoms with Crippen molar-refractivity contribution in [2.75, 3.05) is 11.9 Å². The number of anilines is 1. The molecule has 0 atom stereocenters. The van der Waals surface area contributed by atoms with E-state index in [0.717, 1.165) is 41.6 Å². The van der Waals surface area contributed by atoms with Crippen LogP contribution in [0.4, 0.5) is 5.69 Å². The van der Waals surface area contributed by atoms with Crippen molar-refractivity contribution in [3.05, 3.63) is 59.1 Å². The third-order valence-electron chi connectivity index (χ3n) is 3.81. The Morgan fingerprint density at radius 1 is 0.913 bits per heavy atom. The van der Waals surface area contributed by atoms with Gasteiger partial charge in [-0.2, -0.15) is 0 Å². The summed E-state index contributed by atoms with van der Waals surface area (Å²) in [6, 6.07) is 16.0. The Bertz CT molecular complexity index is 568. The van der Waals surface area contributed by atoms with Gasteiger partial charge in [-0.3, -0.25) is 0 Å². The number of hydrogen-bond acceptors (Lipinski definition) is 2. The minimum Gasteiger partial charge on any atom is -0.494 e. The van der Waals surface area contributed by atoms with Crippen LogP contribution in [0.15, 0.2) is 48.5 Å². The molecule has 0 saturated carbocycles. The average molecular weight is 332 g/mol. The molecule has 0 radical (unpaired) electrons. The van der Waals surface area contributed by atoms with E-state index in [9.17, 15) is 0 Å². The molecule has 2 nitrogen and oxygen atoms in total. The number of ether oxygens (including phenoxy) is 1. The lowest BCUT2D eigenvalue weighted by atomic mass is 10.2. The van der Waals surface area contributed by atoms with Crippen LogP contribution in [0, 0.1) is 0 Å². The number of nitrogens with one attached hydrogen (secondary N) is 1. The lowest BCUT2D eigenvalue weighted by molar-refractivity contribution is 0.304. The van der Waals surface area contributed by atoms with Gasteiger partial charge < -0.3 is 10.1 Å². The molecule has 0 saturated heterocycles. The number of halogens is 1. The zero-order valence-electron chi connectivity index (χ0n) is 13.9. The molecule has 0 amide bonds. The Kier molecular flexibility index (Phi) is 7.82. The van der Waals surface area contributed by atoms with E-state index in [1.54, 1.807) is 0 Å². The maximum Gasteiger partial charge on any atom is 0.119 e. The van der Waals surface area contributed by atoms with Crippen molar-refractivity contribution < 1.29 is 4.74 Å². The van der Waals surface area contributed by atoms with Crippen LogP contribution >= 0.6 is 11.6 Å². The molecule has 0 aromatic heterocycles. The third kappa shape index (κ3) is 6.54. The molecular formula is C20H26ClNO. The molecule has 2 rings (SSSR count). The van der Waals surface area contributed by atoms with Crippen molar-refractivity contribution in [1.29, 1.82) is 0 Å². The minimum atomic E-state index is 0.720. The second kappa shape index (κ2) is 10.2. The van der Waals surface area contributed by atoms with Crippen LogP contribution in [0.25, 0.3) is 0 Å². The van der Waals surface area contributed by atoms with Crippen LogP contribution in [0.3, 0.4) is 0 Å². The Morgan fingerprint density at radius 2 is 1.65 bits per heavy atom. The zero-order chi connectivity index (χ0) is 16.3. The minimum absolute atomic E-state index is 0.720. The van der Waals surface area contributed by atoms with E-state index in [2.05, 4.69) is 12.2 Å². The largest absolute Gasteiger partial charge is 0.494 e. The van der Waals surface area contributed by atoms with Crippen molar-refractivity contribution in [2.45, 2.75) is 45.6 Å². The molecule has 0 bridgehead atoms. The fourth-order valence-corrected chi connectivity index (χ4v) is 2.61. The summed E-state index contributed by atoms with van der Waals surface area (Å²) >= 11 is 6.16. The topological polar surface area (TPSA) is 21.3 Å². The van der Waals surface area contributed by atoms with Crippen molar-refractivity contribution in [1.82, 2.24) is 0 Å². The quantitative estimate of drug-likeness (QED) is 0.516. The second-order valence-electron chi connectivity index (χ2n) is 5.73. The van der Waals surface area contributed by atoms with Gasteiger partial charge in [-0.25, -0.2) is 0 Å². The Balaban J connectivity index is 1.71. The van der Waals surface area contributed by atoms with Crippen LogP contribution in [0.5, 0.6) is 5.75 Å². The number of hydrogen-bond donors (Lipinski definition) is 1. The SMILES string of the molecule is CCCCCCCOc1ccc(NCc2ccccc2Cl)cc1. The van der Waals surface area contributed by atoms with Gasteiger partial charge in [0, 0.05) is 17.3 Å². The second-order valence-corrected chi connectivity index (χ2v) is 6.14. The van der Waals surface area contributed by atoms with Crippen LogP contribution in [-0.4, -0.2) is 6.61 Å². The van der Waals surface area contributed by atoms with Crippen molar-refractivity contribution in [3.63, 3.8) is 0 Å². The first kappa shape index (κ1) is 17.7. The van der Waals surface area contributed by atoms with E-state index >= 15 is 0 Å². The van der Waals surface area contributed by atoms with Gasteiger partial charge in [-0.05, 0) is 42.3 Å². The predicted octanol–water partition coefficient (Wildman–Crippen LogP) is 6.30. The molecule has 2 aromatic rings. The van der Waals surface area contributed by atoms with Crippen LogP contribution in [0.2, 0.25) is 5.02 Å². The van der Waals surface area contributed by atoms with Gasteiger partial charge >= 0.3 is 0 Å². The van der Waals surface area contributed by atoms with Crippen LogP contribution < -0.4 is 10.1 Å². The van der Waals surface area contributed by atoms with E-state index in [4.69, 9.17) is 16.3 Å². The summed E-state index contributed by atoms with van der Waals surface area (Å²) in [5.41, 5.74) is 2.17. The van der Waals surface area contributed by atoms with Crippen LogP contribution in [-0.2, 0) is 6.54 Å². The molecule has 1 N–H and O–H groups in total. The number of benzene rings is 2. The molecule has 124 valence electrons. The third-order valence-corrected chi connectivity index (χ3v) is 4.18. The van der Waals surface area contributed by atoms with Gasteiger partial charge in [-0.15, -0.1) is 0 Å². The smallest absolute Gasteiger partial charge is 0.119 e. The van der Waals surface area contributed by atoms with Gasteiger partial charge in [0.1, 0.15) is 5.75 Å². The van der Waals surface area contributed by atoms with E-state index < -0.39 is 0 Å². The summed E-state index contributed by atoms with van der Waals surface area (Å²) in [5, 5.41) is 4.17. The van der Waals surface area contributed by atoms with Crippen LogP contribution in [0.1, 0.15) is 44.6 Å². The Hall–Kier alpha value is -1.67. The first-order chi connectivity index (χ1) is 11.3. The molecular weight excluding hydrogens is 306 g/mol. The highest BCUT2D eigenvalue weighted by Gasteiger charge is 2.00. The number of rotatable bonds is 10. The maximum absolute atomic E-state index is 6.16. The van der Waals surface area contributed by atoms with Gasteiger partial charge in [0.15, 0.2) is 0 Å². The first-order valence-electron chi connectivity index (χ1n) is 8.49. The average Bonchev–Trinajstić information content (AvgIpc) is 2.58. The molecule has 2 aromatic carbocycles. The first-order valence-corrected chi connectivity index (χ1v) is 8.87. The van der Waals surface area contributed by atoms with E-state index in [1.807, 2.05) is 48.5 Å². The maximum atomic E-state index is 6.16. The number of unbranched alkanes of at least 4 members (excludes halogenated alkanes) is 4. The highest BCUT2D eigenvalue weighted by molar-refractivity contribution is 6.31. The molecule has 23 heavy (non-hydrogen) atoms. The van der Waals surface area contributed by atoms with E-state index in [0.29, 0.717) is 0 Å². The van der Waals surface area contributed by atoms with E-state index in [1.165, 1.54) is 25.7 Å². The highest BCUT2D eigenvalue weighted by Crippen LogP contribution is 2.19. The van der Waals surface area contributed by atoms with Crippen molar-refractivity contribution in [3.8, 4) is 5.75 Å². The fourth-order valence-electron chi connectivity index (χ4n) is 2.40. The van der Waals surface area contributed by atoms with Gasteiger partial charge in [-0.1, -0.05) is 62.4 Å². The predicted molar refractivity (Wildman–Crippen MR) is 99.5 cm³/mol. The lowest BCUT2D eigenvalue weighted by Gasteiger charge is -2.10. The normalized spacial score (nSPS) is 10.5. The molecule has 0 unspecified atom stereocenters. The summed E-state index contributed by atoms with van der Waals surface area (Å²) < 4.78 is 5.77. The van der Waals surface area contributed by atoms with Gasteiger partial charge in [0.2, 0.25) is 0 Å². The molecule has 0 aliphatic carbocycles. The standard InChI is InChI=1S/C20H26ClNO/c1-2-3-4-5-8-15-23-19-13-11-18(12-14-19)22-16-17-9-6-7-10-20(17)21/h6-7,9-14,22H,2-5,8,15-16H2,1H3. The Morgan fingerprint density at radius 3 is 2.39 bits per heavy atom. The molecule has 0 heterocycles. The highest BCUT2D eigenvalue weighted by atomic mass is 35.5. The van der Waals surface area contributed by atoms with Crippen molar-refractivity contribution >= 4 is 17.3 Å². The summed E-state index contributed by atoms with van der Waals surface area (Å²) in [4.78, 5) is 0. The summed E-state index contributed by atoms with van der Waals surface area (Å²) in [6.07, 6.45) is 6.30. The molecule has 0 aliphatic rings. The molecule has 0 spiro atoms. The molecule has 0 fully saturated rings. The monoisotopic (exact) mass is 331 g/mol. The molecule has 0 aliphatic heterocycles. The van der Waals surface area contributed by atoms with Gasteiger partial charge in [0.25, 0.3) is 0 Å². The van der Waals surface area contributed by atoms with Crippen molar-refractivity contribution in [2.24, 2.45) is 0 Å². The summed E-state index contributed by atoms with van der Waals surface area (Å²) in [6.45, 7) is 3.76. The fraction of sp³-hybridized carbons (Fsp3) is 0.400. The van der Waals surface area contributed by atoms with Gasteiger partial charge in [0.05, 0.1) is 6.61 Å². The summed E-state index contributed by atoms with van der Waals surface area (Å²) in [5.74, 6) is 0.934. The summed E-state index contributed by atoms with van der Waals surface area (Å²) in [7, 11) is 0. The van der Waals surface area contributed by atoms with E-state index in [-0.39, 0.29) is 0 Å². The lowest BCUT2D eigenvalue weighted by Crippen LogP contribution is -2.00. The Labute approximate surface area is 144 Å². The zero-order valence-corrected chi connectivity index (χ0v) is 14.6.